The van der Waals surface area contributed by atoms with Crippen LogP contribution in [0.25, 0.3) is 0 Å². The zero-order chi connectivity index (χ0) is 19.1. The van der Waals surface area contributed by atoms with Crippen LogP contribution in [0.15, 0.2) is 41.1 Å². The van der Waals surface area contributed by atoms with E-state index in [1.54, 1.807) is 23.1 Å². The topological polar surface area (TPSA) is 82.6 Å². The fraction of sp³-hybridized carbons (Fsp3) is 0.444. The molecule has 1 saturated heterocycles. The van der Waals surface area contributed by atoms with Crippen LogP contribution in [0.4, 0.5) is 5.88 Å². The molecule has 1 fully saturated rings. The van der Waals surface area contributed by atoms with Gasteiger partial charge in [-0.15, -0.1) is 0 Å². The van der Waals surface area contributed by atoms with Crippen molar-refractivity contribution in [1.29, 1.82) is 0 Å². The molecule has 3 rings (SSSR count). The predicted molar refractivity (Wildman–Crippen MR) is 103 cm³/mol. The first kappa shape index (κ1) is 19.4. The summed E-state index contributed by atoms with van der Waals surface area (Å²) in [7, 11) is 2.09. The van der Waals surface area contributed by atoms with Gasteiger partial charge in [-0.2, -0.15) is 5.01 Å². The second-order valence-electron chi connectivity index (χ2n) is 6.40. The molecule has 144 valence electrons. The van der Waals surface area contributed by atoms with Gasteiger partial charge in [0.1, 0.15) is 0 Å². The molecule has 1 aromatic carbocycles. The molecule has 27 heavy (non-hydrogen) atoms. The molecule has 0 saturated carbocycles. The Hall–Kier alpha value is -2.39. The molecule has 1 aliphatic heterocycles. The molecule has 2 aromatic rings. The van der Waals surface area contributed by atoms with Crippen LogP contribution in [-0.2, 0) is 4.79 Å². The minimum absolute atomic E-state index is 0.0273. The van der Waals surface area contributed by atoms with E-state index in [1.807, 2.05) is 18.2 Å². The number of amides is 1. The smallest absolute Gasteiger partial charge is 0.302 e. The van der Waals surface area contributed by atoms with Crippen molar-refractivity contribution in [2.24, 2.45) is 0 Å². The highest BCUT2D eigenvalue weighted by atomic mass is 32.2. The largest absolute Gasteiger partial charge is 0.305 e. The van der Waals surface area contributed by atoms with Gasteiger partial charge in [0.15, 0.2) is 0 Å². The molecule has 1 N–H and O–H groups in total. The van der Waals surface area contributed by atoms with Gasteiger partial charge in [0.25, 0.3) is 6.20 Å². The fourth-order valence-electron chi connectivity index (χ4n) is 2.68. The first-order valence-electron chi connectivity index (χ1n) is 8.96. The van der Waals surface area contributed by atoms with E-state index < -0.39 is 0 Å². The summed E-state index contributed by atoms with van der Waals surface area (Å²) in [4.78, 5) is 27.9. The average Bonchev–Trinajstić information content (AvgIpc) is 3.14. The summed E-state index contributed by atoms with van der Waals surface area (Å²) >= 11 is 1.23. The van der Waals surface area contributed by atoms with Crippen LogP contribution in [0, 0.1) is 0 Å². The third-order valence-corrected chi connectivity index (χ3v) is 5.27. The number of benzene rings is 1. The summed E-state index contributed by atoms with van der Waals surface area (Å²) in [6, 6.07) is 9.14. The SMILES string of the molecule is CN1CCN([n+]2cc(NC(=O)CCCSC(=O)c3ccccc3)on2)CC1. The lowest BCUT2D eigenvalue weighted by Crippen LogP contribution is -2.64. The third kappa shape index (κ3) is 5.80. The van der Waals surface area contributed by atoms with Gasteiger partial charge < -0.3 is 4.90 Å². The fourth-order valence-corrected chi connectivity index (χ4v) is 3.46. The van der Waals surface area contributed by atoms with Crippen molar-refractivity contribution in [3.8, 4) is 0 Å². The second-order valence-corrected chi connectivity index (χ2v) is 7.46. The van der Waals surface area contributed by atoms with Crippen molar-refractivity contribution in [3.63, 3.8) is 0 Å². The van der Waals surface area contributed by atoms with E-state index in [0.717, 1.165) is 26.2 Å². The molecule has 0 unspecified atom stereocenters. The summed E-state index contributed by atoms with van der Waals surface area (Å²) in [6.07, 6.45) is 2.61. The highest BCUT2D eigenvalue weighted by Crippen LogP contribution is 2.14. The lowest BCUT2D eigenvalue weighted by molar-refractivity contribution is -0.759. The molecule has 0 spiro atoms. The lowest BCUT2D eigenvalue weighted by atomic mass is 10.2. The number of rotatable bonds is 7. The van der Waals surface area contributed by atoms with Crippen LogP contribution in [0.2, 0.25) is 0 Å². The molecule has 0 radical (unpaired) electrons. The van der Waals surface area contributed by atoms with Crippen LogP contribution in [0.1, 0.15) is 23.2 Å². The number of anilines is 1. The van der Waals surface area contributed by atoms with Crippen LogP contribution in [0.5, 0.6) is 0 Å². The maximum Gasteiger partial charge on any atom is 0.305 e. The molecule has 1 amide bonds. The normalized spacial score (nSPS) is 14.9. The quantitative estimate of drug-likeness (QED) is 0.561. The summed E-state index contributed by atoms with van der Waals surface area (Å²) in [5.74, 6) is 0.773. The minimum Gasteiger partial charge on any atom is -0.302 e. The third-order valence-electron chi connectivity index (χ3n) is 4.28. The maximum absolute atomic E-state index is 12.0. The molecule has 1 aromatic heterocycles. The summed E-state index contributed by atoms with van der Waals surface area (Å²) in [5, 5.41) is 8.75. The molecule has 1 aliphatic rings. The Labute approximate surface area is 162 Å². The molecular weight excluding hydrogens is 366 g/mol. The van der Waals surface area contributed by atoms with Crippen LogP contribution in [0.3, 0.4) is 0 Å². The highest BCUT2D eigenvalue weighted by Gasteiger charge is 2.24. The Bertz CT molecular complexity index is 759. The zero-order valence-corrected chi connectivity index (χ0v) is 16.2. The zero-order valence-electron chi connectivity index (χ0n) is 15.3. The number of likely N-dealkylation sites (N-methyl/N-ethyl adjacent to an activating group) is 1. The van der Waals surface area contributed by atoms with Gasteiger partial charge in [0, 0.05) is 30.8 Å². The number of piperazine rings is 1. The number of nitrogens with one attached hydrogen (secondary N) is 1. The number of carbonyl (C=O) groups is 2. The van der Waals surface area contributed by atoms with Crippen molar-refractivity contribution in [2.75, 3.05) is 49.3 Å². The van der Waals surface area contributed by atoms with Gasteiger partial charge in [-0.05, 0) is 13.5 Å². The number of aromatic nitrogens is 2. The van der Waals surface area contributed by atoms with Gasteiger partial charge in [0.05, 0.1) is 17.9 Å². The maximum atomic E-state index is 12.0. The second kappa shape index (κ2) is 9.52. The molecule has 0 aliphatic carbocycles. The predicted octanol–water partition coefficient (Wildman–Crippen LogP) is 1.14. The van der Waals surface area contributed by atoms with E-state index in [-0.39, 0.29) is 11.0 Å². The van der Waals surface area contributed by atoms with E-state index in [2.05, 4.69) is 27.5 Å². The lowest BCUT2D eigenvalue weighted by Gasteiger charge is -2.26. The summed E-state index contributed by atoms with van der Waals surface area (Å²) < 4.78 is 5.18. The van der Waals surface area contributed by atoms with Gasteiger partial charge in [-0.3, -0.25) is 19.4 Å². The number of carbonyl (C=O) groups excluding carboxylic acids is 2. The Morgan fingerprint density at radius 1 is 1.22 bits per heavy atom. The molecule has 0 bridgehead atoms. The summed E-state index contributed by atoms with van der Waals surface area (Å²) in [5.41, 5.74) is 0.682. The van der Waals surface area contributed by atoms with Gasteiger partial charge in [0.2, 0.25) is 16.3 Å². The van der Waals surface area contributed by atoms with E-state index >= 15 is 0 Å². The Kier molecular flexibility index (Phi) is 6.83. The Balaban J connectivity index is 1.36. The Morgan fingerprint density at radius 2 is 1.96 bits per heavy atom. The highest BCUT2D eigenvalue weighted by molar-refractivity contribution is 8.14. The Morgan fingerprint density at radius 3 is 2.70 bits per heavy atom. The first-order chi connectivity index (χ1) is 13.1. The van der Waals surface area contributed by atoms with E-state index in [1.165, 1.54) is 11.8 Å². The van der Waals surface area contributed by atoms with Crippen molar-refractivity contribution >= 4 is 28.7 Å². The first-order valence-corrected chi connectivity index (χ1v) is 9.95. The standard InChI is InChI=1S/C18H23N5O3S/c1-21-9-11-22(12-10-21)23-14-17(26-20-23)19-16(24)8-5-13-27-18(25)15-6-3-2-4-7-15/h2-4,6-7,14H,5,8-13H2,1H3/p+1. The molecule has 8 nitrogen and oxygen atoms in total. The molecule has 0 atom stereocenters. The van der Waals surface area contributed by atoms with Crippen LogP contribution >= 0.6 is 11.8 Å². The number of hydrogen-bond acceptors (Lipinski definition) is 7. The average molecular weight is 390 g/mol. The summed E-state index contributed by atoms with van der Waals surface area (Å²) in [6.45, 7) is 3.63. The molecule has 9 heteroatoms. The van der Waals surface area contributed by atoms with Crippen LogP contribution < -0.4 is 15.1 Å². The van der Waals surface area contributed by atoms with E-state index in [9.17, 15) is 9.59 Å². The monoisotopic (exact) mass is 390 g/mol. The molecular formula is C18H24N5O3S+. The minimum atomic E-state index is -0.149. The number of nitrogens with zero attached hydrogens (tertiary/aromatic N) is 4. The van der Waals surface area contributed by atoms with Crippen LogP contribution in [-0.4, -0.2) is 60.2 Å². The van der Waals surface area contributed by atoms with Gasteiger partial charge >= 0.3 is 5.88 Å². The van der Waals surface area contributed by atoms with Crippen molar-refractivity contribution in [3.05, 3.63) is 42.1 Å². The number of thioether (sulfide) groups is 1. The van der Waals surface area contributed by atoms with Crippen molar-refractivity contribution in [2.45, 2.75) is 12.8 Å². The van der Waals surface area contributed by atoms with Crippen molar-refractivity contribution < 1.29 is 18.9 Å². The van der Waals surface area contributed by atoms with Crippen molar-refractivity contribution in [1.82, 2.24) is 10.2 Å². The van der Waals surface area contributed by atoms with Gasteiger partial charge in [-0.25, -0.2) is 0 Å². The number of hydrogen-bond donors (Lipinski definition) is 1. The van der Waals surface area contributed by atoms with E-state index in [4.69, 9.17) is 4.52 Å². The molecule has 2 heterocycles. The van der Waals surface area contributed by atoms with Gasteiger partial charge in [-0.1, -0.05) is 42.1 Å². The van der Waals surface area contributed by atoms with E-state index in [0.29, 0.717) is 30.0 Å².